The van der Waals surface area contributed by atoms with Crippen LogP contribution in [0.4, 0.5) is 0 Å². The van der Waals surface area contributed by atoms with Crippen LogP contribution in [0.1, 0.15) is 33.1 Å². The summed E-state index contributed by atoms with van der Waals surface area (Å²) < 4.78 is 0. The molecule has 0 aromatic heterocycles. The standard InChI is InChI=1S/C5H12.3ClH.H3P/c1-3-5-4-2;;;;/h3-5H2,1-2H3;3*1H;1H3. The Morgan fingerprint density at radius 1 is 0.778 bits per heavy atom. The summed E-state index contributed by atoms with van der Waals surface area (Å²) in [6.07, 6.45) is 4.08. The minimum atomic E-state index is 0. The normalized spacial score (nSPS) is 4.67. The van der Waals surface area contributed by atoms with E-state index in [4.69, 9.17) is 0 Å². The molecule has 0 N–H and O–H groups in total. The van der Waals surface area contributed by atoms with E-state index in [9.17, 15) is 0 Å². The predicted molar refractivity (Wildman–Crippen MR) is 58.0 cm³/mol. The smallest absolute Gasteiger partial charge is 0.0538 e. The molecular weight excluding hydrogens is 197 g/mol. The maximum Gasteiger partial charge on any atom is -0.0538 e. The Morgan fingerprint density at radius 2 is 1.00 bits per heavy atom. The van der Waals surface area contributed by atoms with Crippen LogP contribution in [0.3, 0.4) is 0 Å². The fourth-order valence-electron chi connectivity index (χ4n) is 0.354. The first kappa shape index (κ1) is 31.7. The lowest BCUT2D eigenvalue weighted by Gasteiger charge is -1.79. The van der Waals surface area contributed by atoms with Crippen molar-refractivity contribution in [2.24, 2.45) is 0 Å². The van der Waals surface area contributed by atoms with E-state index in [1.54, 1.807) is 0 Å². The zero-order valence-corrected chi connectivity index (χ0v) is 9.92. The van der Waals surface area contributed by atoms with Gasteiger partial charge in [0, 0.05) is 0 Å². The van der Waals surface area contributed by atoms with Crippen LogP contribution >= 0.6 is 47.1 Å². The molecule has 0 aliphatic heterocycles. The summed E-state index contributed by atoms with van der Waals surface area (Å²) in [7, 11) is 0. The highest BCUT2D eigenvalue weighted by molar-refractivity contribution is 6.92. The number of hydrogen-bond acceptors (Lipinski definition) is 0. The van der Waals surface area contributed by atoms with Crippen molar-refractivity contribution in [1.82, 2.24) is 0 Å². The van der Waals surface area contributed by atoms with Crippen molar-refractivity contribution in [3.05, 3.63) is 0 Å². The van der Waals surface area contributed by atoms with Gasteiger partial charge < -0.3 is 0 Å². The molecule has 1 unspecified atom stereocenters. The summed E-state index contributed by atoms with van der Waals surface area (Å²) in [6, 6.07) is 0. The van der Waals surface area contributed by atoms with Crippen molar-refractivity contribution in [1.29, 1.82) is 0 Å². The Hall–Kier alpha value is 1.30. The Balaban J connectivity index is -0.0000000133. The summed E-state index contributed by atoms with van der Waals surface area (Å²) >= 11 is 0. The molecule has 0 amide bonds. The van der Waals surface area contributed by atoms with Crippen LogP contribution < -0.4 is 0 Å². The van der Waals surface area contributed by atoms with Crippen molar-refractivity contribution in [2.45, 2.75) is 33.1 Å². The van der Waals surface area contributed by atoms with Gasteiger partial charge in [-0.2, -0.15) is 9.90 Å². The highest BCUT2D eigenvalue weighted by atomic mass is 35.5. The zero-order valence-electron chi connectivity index (χ0n) is 6.05. The highest BCUT2D eigenvalue weighted by Crippen LogP contribution is 1.88. The average Bonchev–Trinajstić information content (AvgIpc) is 1.41. The van der Waals surface area contributed by atoms with Crippen LogP contribution in [0.15, 0.2) is 0 Å². The molecule has 0 radical (unpaired) electrons. The third-order valence-corrected chi connectivity index (χ3v) is 0.707. The molecule has 0 saturated heterocycles. The van der Waals surface area contributed by atoms with Gasteiger partial charge in [-0.05, 0) is 0 Å². The van der Waals surface area contributed by atoms with Gasteiger partial charge in [0.2, 0.25) is 0 Å². The van der Waals surface area contributed by atoms with E-state index in [0.29, 0.717) is 0 Å². The minimum absolute atomic E-state index is 0. The van der Waals surface area contributed by atoms with Crippen LogP contribution in [0.2, 0.25) is 0 Å². The fourth-order valence-corrected chi connectivity index (χ4v) is 0.354. The Labute approximate surface area is 80.4 Å². The molecular formula is C5H18Cl3P. The lowest BCUT2D eigenvalue weighted by Crippen LogP contribution is -1.59. The molecule has 0 aliphatic rings. The first-order valence-corrected chi connectivity index (χ1v) is 2.41. The molecule has 0 nitrogen and oxygen atoms in total. The van der Waals surface area contributed by atoms with Gasteiger partial charge >= 0.3 is 0 Å². The van der Waals surface area contributed by atoms with E-state index in [-0.39, 0.29) is 47.1 Å². The molecule has 64 valence electrons. The minimum Gasteiger partial charge on any atom is -0.153 e. The lowest BCUT2D eigenvalue weighted by molar-refractivity contribution is 0.772. The summed E-state index contributed by atoms with van der Waals surface area (Å²) in [5.74, 6) is 0. The van der Waals surface area contributed by atoms with Crippen molar-refractivity contribution in [3.63, 3.8) is 0 Å². The first-order chi connectivity index (χ1) is 2.41. The number of rotatable bonds is 2. The highest BCUT2D eigenvalue weighted by Gasteiger charge is 1.68. The van der Waals surface area contributed by atoms with E-state index >= 15 is 0 Å². The maximum atomic E-state index is 2.21. The molecule has 0 rings (SSSR count). The van der Waals surface area contributed by atoms with E-state index in [0.717, 1.165) is 0 Å². The van der Waals surface area contributed by atoms with Crippen LogP contribution in [-0.2, 0) is 0 Å². The lowest BCUT2D eigenvalue weighted by atomic mass is 10.3. The van der Waals surface area contributed by atoms with E-state index < -0.39 is 0 Å². The summed E-state index contributed by atoms with van der Waals surface area (Å²) in [5, 5.41) is 0. The molecule has 0 aliphatic carbocycles. The second-order valence-corrected chi connectivity index (χ2v) is 1.35. The van der Waals surface area contributed by atoms with Gasteiger partial charge in [0.05, 0.1) is 0 Å². The fraction of sp³-hybridized carbons (Fsp3) is 1.00. The first-order valence-electron chi connectivity index (χ1n) is 2.41. The zero-order chi connectivity index (χ0) is 4.12. The second-order valence-electron chi connectivity index (χ2n) is 1.35. The van der Waals surface area contributed by atoms with Crippen LogP contribution in [-0.4, -0.2) is 0 Å². The summed E-state index contributed by atoms with van der Waals surface area (Å²) in [4.78, 5) is 0. The van der Waals surface area contributed by atoms with E-state index in [1.807, 2.05) is 0 Å². The van der Waals surface area contributed by atoms with Crippen LogP contribution in [0.5, 0.6) is 0 Å². The maximum absolute atomic E-state index is 2.21. The van der Waals surface area contributed by atoms with E-state index in [2.05, 4.69) is 13.8 Å². The summed E-state index contributed by atoms with van der Waals surface area (Å²) in [5.41, 5.74) is 0. The van der Waals surface area contributed by atoms with Gasteiger partial charge in [0.25, 0.3) is 0 Å². The molecule has 0 aromatic rings. The molecule has 0 bridgehead atoms. The molecule has 0 heterocycles. The molecule has 9 heavy (non-hydrogen) atoms. The predicted octanol–water partition coefficient (Wildman–Crippen LogP) is 3.52. The van der Waals surface area contributed by atoms with Gasteiger partial charge in [-0.3, -0.25) is 0 Å². The number of unbranched alkanes of at least 4 members (excludes halogenated alkanes) is 2. The monoisotopic (exact) mass is 214 g/mol. The van der Waals surface area contributed by atoms with Gasteiger partial charge in [0.1, 0.15) is 0 Å². The third kappa shape index (κ3) is 45.5. The van der Waals surface area contributed by atoms with Gasteiger partial charge in [0.15, 0.2) is 0 Å². The van der Waals surface area contributed by atoms with Crippen LogP contribution in [0, 0.1) is 0 Å². The van der Waals surface area contributed by atoms with Crippen molar-refractivity contribution < 1.29 is 0 Å². The molecule has 0 fully saturated rings. The Morgan fingerprint density at radius 3 is 1.00 bits per heavy atom. The third-order valence-electron chi connectivity index (χ3n) is 0.707. The SMILES string of the molecule is CCCCC.Cl.Cl.Cl.P. The van der Waals surface area contributed by atoms with Crippen molar-refractivity contribution >= 4 is 47.1 Å². The molecule has 0 spiro atoms. The average molecular weight is 216 g/mol. The topological polar surface area (TPSA) is 0 Å². The largest absolute Gasteiger partial charge is 0.153 e. The van der Waals surface area contributed by atoms with Crippen molar-refractivity contribution in [3.8, 4) is 0 Å². The van der Waals surface area contributed by atoms with Gasteiger partial charge in [-0.15, -0.1) is 37.2 Å². The molecule has 0 aromatic carbocycles. The Kier molecular flexibility index (Phi) is 122. The quantitative estimate of drug-likeness (QED) is 0.618. The summed E-state index contributed by atoms with van der Waals surface area (Å²) in [6.45, 7) is 4.42. The molecule has 0 saturated carbocycles. The Bertz CT molecular complexity index is 19.7. The van der Waals surface area contributed by atoms with E-state index in [1.165, 1.54) is 19.3 Å². The van der Waals surface area contributed by atoms with Crippen LogP contribution in [0.25, 0.3) is 0 Å². The number of halogens is 3. The van der Waals surface area contributed by atoms with Crippen molar-refractivity contribution in [2.75, 3.05) is 0 Å². The second kappa shape index (κ2) is 34.6. The molecule has 4 heteroatoms. The van der Waals surface area contributed by atoms with Gasteiger partial charge in [-0.25, -0.2) is 0 Å². The van der Waals surface area contributed by atoms with Gasteiger partial charge in [-0.1, -0.05) is 33.1 Å². The molecule has 1 atom stereocenters. The number of hydrogen-bond donors (Lipinski definition) is 0.